The molecule has 0 spiro atoms. The van der Waals surface area contributed by atoms with Crippen molar-refractivity contribution in [3.05, 3.63) is 0 Å². The van der Waals surface area contributed by atoms with E-state index in [2.05, 4.69) is 0 Å². The second-order valence-electron chi connectivity index (χ2n) is 3.13. The minimum absolute atomic E-state index is 0.0769. The quantitative estimate of drug-likeness (QED) is 0.678. The van der Waals surface area contributed by atoms with E-state index in [0.717, 1.165) is 0 Å². The van der Waals surface area contributed by atoms with Crippen LogP contribution < -0.4 is 0 Å². The lowest BCUT2D eigenvalue weighted by Gasteiger charge is -2.25. The molecule has 0 aromatic carbocycles. The van der Waals surface area contributed by atoms with Crippen LogP contribution in [0.3, 0.4) is 0 Å². The maximum Gasteiger partial charge on any atom is 0.404 e. The Hall–Kier alpha value is -0.280. The van der Waals surface area contributed by atoms with Gasteiger partial charge in [0.15, 0.2) is 0 Å². The van der Waals surface area contributed by atoms with Crippen molar-refractivity contribution in [3.8, 4) is 0 Å². The summed E-state index contributed by atoms with van der Waals surface area (Å²) in [7, 11) is 0. The summed E-state index contributed by atoms with van der Waals surface area (Å²) >= 11 is 10.4. The minimum atomic E-state index is -0.777. The Morgan fingerprint density at radius 2 is 1.62 bits per heavy atom. The van der Waals surface area contributed by atoms with E-state index >= 15 is 0 Å². The maximum absolute atomic E-state index is 10.8. The molecule has 5 heteroatoms. The van der Waals surface area contributed by atoms with Crippen LogP contribution in [0.1, 0.15) is 25.7 Å². The van der Waals surface area contributed by atoms with Gasteiger partial charge in [0.05, 0.1) is 0 Å². The number of hydrogen-bond acceptors (Lipinski definition) is 3. The van der Waals surface area contributed by atoms with E-state index in [9.17, 15) is 9.59 Å². The predicted octanol–water partition coefficient (Wildman–Crippen LogP) is 2.69. The molecule has 0 heterocycles. The van der Waals surface area contributed by atoms with E-state index in [0.29, 0.717) is 25.7 Å². The highest BCUT2D eigenvalue weighted by atomic mass is 35.5. The second-order valence-corrected chi connectivity index (χ2v) is 3.81. The third-order valence-corrected chi connectivity index (χ3v) is 2.65. The Kier molecular flexibility index (Phi) is 4.00. The summed E-state index contributed by atoms with van der Waals surface area (Å²) in [5, 5.41) is -0.296. The Labute approximate surface area is 86.3 Å². The third-order valence-electron chi connectivity index (χ3n) is 2.25. The average Bonchev–Trinajstić information content (AvgIpc) is 2.04. The summed E-state index contributed by atoms with van der Waals surface area (Å²) in [5.74, 6) is -0.0769. The lowest BCUT2D eigenvalue weighted by atomic mass is 9.88. The topological polar surface area (TPSA) is 43.4 Å². The van der Waals surface area contributed by atoms with Gasteiger partial charge in [0.2, 0.25) is 5.24 Å². The molecule has 0 aliphatic heterocycles. The first-order valence-electron chi connectivity index (χ1n) is 4.15. The summed E-state index contributed by atoms with van der Waals surface area (Å²) in [6, 6.07) is 0. The van der Waals surface area contributed by atoms with Crippen molar-refractivity contribution in [2.45, 2.75) is 31.8 Å². The van der Waals surface area contributed by atoms with Crippen LogP contribution in [-0.2, 0) is 9.53 Å². The lowest BCUT2D eigenvalue weighted by molar-refractivity contribution is -0.116. The molecule has 1 saturated carbocycles. The smallest absolute Gasteiger partial charge is 0.404 e. The highest BCUT2D eigenvalue weighted by Gasteiger charge is 2.26. The average molecular weight is 225 g/mol. The van der Waals surface area contributed by atoms with Crippen LogP contribution in [0.5, 0.6) is 0 Å². The molecule has 1 aliphatic rings. The zero-order chi connectivity index (χ0) is 9.84. The first-order valence-corrected chi connectivity index (χ1v) is 4.90. The van der Waals surface area contributed by atoms with E-state index in [-0.39, 0.29) is 17.3 Å². The molecule has 74 valence electrons. The van der Waals surface area contributed by atoms with Gasteiger partial charge in [-0.1, -0.05) is 0 Å². The van der Waals surface area contributed by atoms with Crippen LogP contribution in [0, 0.1) is 5.92 Å². The van der Waals surface area contributed by atoms with Gasteiger partial charge in [-0.15, -0.1) is 0 Å². The Balaban J connectivity index is 2.30. The van der Waals surface area contributed by atoms with Gasteiger partial charge in [-0.3, -0.25) is 4.79 Å². The molecule has 3 nitrogen and oxygen atoms in total. The summed E-state index contributed by atoms with van der Waals surface area (Å²) < 4.78 is 4.79. The van der Waals surface area contributed by atoms with Crippen LogP contribution in [0.2, 0.25) is 0 Å². The molecule has 0 aromatic rings. The Bertz CT molecular complexity index is 209. The molecular weight excluding hydrogens is 215 g/mol. The van der Waals surface area contributed by atoms with E-state index in [1.165, 1.54) is 0 Å². The first-order chi connectivity index (χ1) is 6.09. The van der Waals surface area contributed by atoms with Gasteiger partial charge in [0.25, 0.3) is 0 Å². The van der Waals surface area contributed by atoms with Crippen LogP contribution in [0.25, 0.3) is 0 Å². The van der Waals surface area contributed by atoms with Crippen molar-refractivity contribution >= 4 is 33.9 Å². The number of rotatable bonds is 2. The fourth-order valence-electron chi connectivity index (χ4n) is 1.54. The Morgan fingerprint density at radius 1 is 1.08 bits per heavy atom. The fourth-order valence-corrected chi connectivity index (χ4v) is 1.88. The number of carbonyl (C=O) groups excluding carboxylic acids is 2. The molecular formula is C8H10Cl2O3. The number of ether oxygens (including phenoxy) is 1. The van der Waals surface area contributed by atoms with Gasteiger partial charge < -0.3 is 4.74 Å². The van der Waals surface area contributed by atoms with Crippen molar-refractivity contribution in [1.29, 1.82) is 0 Å². The van der Waals surface area contributed by atoms with Crippen molar-refractivity contribution in [2.75, 3.05) is 0 Å². The summed E-state index contributed by atoms with van der Waals surface area (Å²) in [4.78, 5) is 21.1. The monoisotopic (exact) mass is 224 g/mol. The molecule has 0 N–H and O–H groups in total. The van der Waals surface area contributed by atoms with Crippen LogP contribution in [-0.4, -0.2) is 16.8 Å². The van der Waals surface area contributed by atoms with Crippen LogP contribution >= 0.6 is 23.2 Å². The first kappa shape index (κ1) is 10.8. The largest absolute Gasteiger partial charge is 0.450 e. The van der Waals surface area contributed by atoms with Crippen LogP contribution in [0.4, 0.5) is 4.79 Å². The van der Waals surface area contributed by atoms with Gasteiger partial charge in [0.1, 0.15) is 6.10 Å². The Morgan fingerprint density at radius 3 is 2.00 bits per heavy atom. The molecule has 1 aliphatic carbocycles. The molecule has 0 radical (unpaired) electrons. The lowest BCUT2D eigenvalue weighted by Crippen LogP contribution is -2.24. The second kappa shape index (κ2) is 4.82. The SMILES string of the molecule is O=C(Cl)OC1CCC(C(=O)Cl)CC1. The molecule has 0 atom stereocenters. The molecule has 1 rings (SSSR count). The standard InChI is InChI=1S/C8H10Cl2O3/c9-7(11)5-1-3-6(4-2-5)13-8(10)12/h5-6H,1-4H2. The van der Waals surface area contributed by atoms with E-state index < -0.39 is 5.43 Å². The number of carbonyl (C=O) groups is 2. The molecule has 0 aromatic heterocycles. The van der Waals surface area contributed by atoms with E-state index in [1.807, 2.05) is 0 Å². The van der Waals surface area contributed by atoms with E-state index in [1.54, 1.807) is 0 Å². The highest BCUT2D eigenvalue weighted by Crippen LogP contribution is 2.28. The van der Waals surface area contributed by atoms with Crippen molar-refractivity contribution in [3.63, 3.8) is 0 Å². The summed E-state index contributed by atoms with van der Waals surface area (Å²) in [6.45, 7) is 0. The molecule has 0 saturated heterocycles. The summed E-state index contributed by atoms with van der Waals surface area (Å²) in [5.41, 5.74) is -0.777. The highest BCUT2D eigenvalue weighted by molar-refractivity contribution is 6.64. The minimum Gasteiger partial charge on any atom is -0.450 e. The maximum atomic E-state index is 10.8. The number of halogens is 2. The molecule has 0 bridgehead atoms. The van der Waals surface area contributed by atoms with Crippen molar-refractivity contribution in [2.24, 2.45) is 5.92 Å². The third kappa shape index (κ3) is 3.53. The molecule has 0 amide bonds. The van der Waals surface area contributed by atoms with Crippen molar-refractivity contribution in [1.82, 2.24) is 0 Å². The van der Waals surface area contributed by atoms with Crippen molar-refractivity contribution < 1.29 is 14.3 Å². The fraction of sp³-hybridized carbons (Fsp3) is 0.750. The predicted molar refractivity (Wildman–Crippen MR) is 48.9 cm³/mol. The summed E-state index contributed by atoms with van der Waals surface area (Å²) in [6.07, 6.45) is 2.55. The van der Waals surface area contributed by atoms with E-state index in [4.69, 9.17) is 27.9 Å². The molecule has 1 fully saturated rings. The van der Waals surface area contributed by atoms with Crippen LogP contribution in [0.15, 0.2) is 0 Å². The zero-order valence-electron chi connectivity index (χ0n) is 6.96. The van der Waals surface area contributed by atoms with Gasteiger partial charge in [-0.05, 0) is 37.3 Å². The zero-order valence-corrected chi connectivity index (χ0v) is 8.48. The van der Waals surface area contributed by atoms with Gasteiger partial charge in [-0.25, -0.2) is 4.79 Å². The van der Waals surface area contributed by atoms with Gasteiger partial charge in [-0.2, -0.15) is 0 Å². The molecule has 0 unspecified atom stereocenters. The van der Waals surface area contributed by atoms with Gasteiger partial charge >= 0.3 is 5.43 Å². The normalized spacial score (nSPS) is 28.2. The number of hydrogen-bond donors (Lipinski definition) is 0. The molecule has 13 heavy (non-hydrogen) atoms. The van der Waals surface area contributed by atoms with Gasteiger partial charge in [0, 0.05) is 17.5 Å².